The molecule has 5 heteroatoms. The summed E-state index contributed by atoms with van der Waals surface area (Å²) in [5.74, 6) is 0.438. The van der Waals surface area contributed by atoms with Crippen LogP contribution >= 0.6 is 15.9 Å². The fraction of sp³-hybridized carbons (Fsp3) is 0.500. The molecule has 1 saturated heterocycles. The second-order valence-electron chi connectivity index (χ2n) is 4.02. The first kappa shape index (κ1) is 12.8. The van der Waals surface area contributed by atoms with Gasteiger partial charge < -0.3 is 10.1 Å². The molecule has 1 N–H and O–H groups in total. The molecule has 0 aliphatic carbocycles. The lowest BCUT2D eigenvalue weighted by molar-refractivity contribution is 0.191. The van der Waals surface area contributed by atoms with Crippen LogP contribution in [-0.2, 0) is 0 Å². The minimum Gasteiger partial charge on any atom is -0.492 e. The molecule has 1 aliphatic heterocycles. The van der Waals surface area contributed by atoms with Crippen LogP contribution < -0.4 is 10.1 Å². The maximum atomic E-state index is 13.0. The topological polar surface area (TPSA) is 24.5 Å². The van der Waals surface area contributed by atoms with Gasteiger partial charge >= 0.3 is 0 Å². The second kappa shape index (κ2) is 6.33. The number of benzene rings is 1. The molecular formula is C12H16BrFN2O. The third-order valence-corrected chi connectivity index (χ3v) is 3.38. The van der Waals surface area contributed by atoms with Crippen molar-refractivity contribution in [3.63, 3.8) is 0 Å². The zero-order valence-electron chi connectivity index (χ0n) is 9.59. The predicted molar refractivity (Wildman–Crippen MR) is 68.9 cm³/mol. The predicted octanol–water partition coefficient (Wildman–Crippen LogP) is 1.87. The Labute approximate surface area is 109 Å². The minimum atomic E-state index is -0.264. The number of piperazine rings is 1. The zero-order valence-corrected chi connectivity index (χ0v) is 11.2. The maximum Gasteiger partial charge on any atom is 0.137 e. The van der Waals surface area contributed by atoms with E-state index in [2.05, 4.69) is 26.1 Å². The number of halogens is 2. The first-order valence-corrected chi connectivity index (χ1v) is 6.56. The van der Waals surface area contributed by atoms with Crippen molar-refractivity contribution >= 4 is 15.9 Å². The highest BCUT2D eigenvalue weighted by atomic mass is 79.9. The largest absolute Gasteiger partial charge is 0.492 e. The van der Waals surface area contributed by atoms with Crippen LogP contribution in [0.3, 0.4) is 0 Å². The van der Waals surface area contributed by atoms with Crippen LogP contribution in [0.1, 0.15) is 0 Å². The Morgan fingerprint density at radius 1 is 1.35 bits per heavy atom. The first-order chi connectivity index (χ1) is 8.25. The van der Waals surface area contributed by atoms with Crippen LogP contribution in [0.5, 0.6) is 5.75 Å². The summed E-state index contributed by atoms with van der Waals surface area (Å²) in [6.07, 6.45) is 0. The normalized spacial score (nSPS) is 17.1. The summed E-state index contributed by atoms with van der Waals surface area (Å²) in [5, 5.41) is 3.31. The van der Waals surface area contributed by atoms with E-state index in [0.717, 1.165) is 32.7 Å². The van der Waals surface area contributed by atoms with Gasteiger partial charge in [0.15, 0.2) is 0 Å². The number of ether oxygens (including phenoxy) is 1. The Kier molecular flexibility index (Phi) is 4.76. The van der Waals surface area contributed by atoms with Gasteiger partial charge in [0.05, 0.1) is 4.47 Å². The van der Waals surface area contributed by atoms with Crippen LogP contribution in [0.25, 0.3) is 0 Å². The molecule has 1 aromatic rings. The molecule has 17 heavy (non-hydrogen) atoms. The van der Waals surface area contributed by atoms with Crippen LogP contribution in [-0.4, -0.2) is 44.2 Å². The molecule has 1 aliphatic rings. The lowest BCUT2D eigenvalue weighted by Gasteiger charge is -2.26. The van der Waals surface area contributed by atoms with Crippen molar-refractivity contribution in [3.8, 4) is 5.75 Å². The van der Waals surface area contributed by atoms with Crippen molar-refractivity contribution < 1.29 is 9.13 Å². The number of hydrogen-bond acceptors (Lipinski definition) is 3. The van der Waals surface area contributed by atoms with E-state index in [1.165, 1.54) is 6.07 Å². The number of nitrogens with zero attached hydrogens (tertiary/aromatic N) is 1. The van der Waals surface area contributed by atoms with Gasteiger partial charge in [-0.05, 0) is 34.1 Å². The van der Waals surface area contributed by atoms with E-state index < -0.39 is 0 Å². The smallest absolute Gasteiger partial charge is 0.137 e. The molecular weight excluding hydrogens is 287 g/mol. The molecule has 0 radical (unpaired) electrons. The summed E-state index contributed by atoms with van der Waals surface area (Å²) in [4.78, 5) is 2.36. The van der Waals surface area contributed by atoms with Crippen molar-refractivity contribution in [2.45, 2.75) is 0 Å². The molecule has 3 nitrogen and oxygen atoms in total. The Morgan fingerprint density at radius 2 is 2.12 bits per heavy atom. The fourth-order valence-corrected chi connectivity index (χ4v) is 2.15. The van der Waals surface area contributed by atoms with Crippen molar-refractivity contribution in [1.82, 2.24) is 10.2 Å². The van der Waals surface area contributed by atoms with Gasteiger partial charge in [-0.3, -0.25) is 4.90 Å². The third-order valence-electron chi connectivity index (χ3n) is 2.78. The van der Waals surface area contributed by atoms with Gasteiger partial charge in [-0.25, -0.2) is 4.39 Å². The molecule has 0 saturated carbocycles. The van der Waals surface area contributed by atoms with E-state index in [4.69, 9.17) is 4.74 Å². The van der Waals surface area contributed by atoms with Gasteiger partial charge in [-0.1, -0.05) is 0 Å². The lowest BCUT2D eigenvalue weighted by atomic mass is 10.3. The standard InChI is InChI=1S/C12H16BrFN2O/c13-11-9-10(1-2-12(11)14)17-8-7-16-5-3-15-4-6-16/h1-2,9,15H,3-8H2. The molecule has 1 heterocycles. The number of rotatable bonds is 4. The van der Waals surface area contributed by atoms with Gasteiger partial charge in [0.25, 0.3) is 0 Å². The average molecular weight is 303 g/mol. The summed E-state index contributed by atoms with van der Waals surface area (Å²) in [6, 6.07) is 4.72. The van der Waals surface area contributed by atoms with E-state index >= 15 is 0 Å². The van der Waals surface area contributed by atoms with E-state index in [0.29, 0.717) is 16.8 Å². The van der Waals surface area contributed by atoms with Gasteiger partial charge in [-0.2, -0.15) is 0 Å². The highest BCUT2D eigenvalue weighted by Gasteiger charge is 2.09. The summed E-state index contributed by atoms with van der Waals surface area (Å²) in [7, 11) is 0. The molecule has 0 spiro atoms. The van der Waals surface area contributed by atoms with Crippen molar-refractivity contribution in [2.75, 3.05) is 39.3 Å². The molecule has 0 unspecified atom stereocenters. The van der Waals surface area contributed by atoms with E-state index in [-0.39, 0.29) is 5.82 Å². The Morgan fingerprint density at radius 3 is 2.82 bits per heavy atom. The summed E-state index contributed by atoms with van der Waals surface area (Å²) >= 11 is 3.14. The molecule has 2 rings (SSSR count). The summed E-state index contributed by atoms with van der Waals surface area (Å²) in [5.41, 5.74) is 0. The van der Waals surface area contributed by atoms with Crippen molar-refractivity contribution in [3.05, 3.63) is 28.5 Å². The monoisotopic (exact) mass is 302 g/mol. The van der Waals surface area contributed by atoms with E-state index in [1.807, 2.05) is 0 Å². The summed E-state index contributed by atoms with van der Waals surface area (Å²) < 4.78 is 19.0. The molecule has 0 aromatic heterocycles. The Bertz CT molecular complexity index is 370. The van der Waals surface area contributed by atoms with Gasteiger partial charge in [0.1, 0.15) is 18.2 Å². The first-order valence-electron chi connectivity index (χ1n) is 5.76. The van der Waals surface area contributed by atoms with Crippen LogP contribution in [0.2, 0.25) is 0 Å². The van der Waals surface area contributed by atoms with E-state index in [9.17, 15) is 4.39 Å². The van der Waals surface area contributed by atoms with Crippen LogP contribution in [0.4, 0.5) is 4.39 Å². The average Bonchev–Trinajstić information content (AvgIpc) is 2.35. The second-order valence-corrected chi connectivity index (χ2v) is 4.87. The highest BCUT2D eigenvalue weighted by molar-refractivity contribution is 9.10. The maximum absolute atomic E-state index is 13.0. The number of nitrogens with one attached hydrogen (secondary N) is 1. The minimum absolute atomic E-state index is 0.264. The van der Waals surface area contributed by atoms with Crippen molar-refractivity contribution in [1.29, 1.82) is 0 Å². The molecule has 1 aromatic carbocycles. The molecule has 1 fully saturated rings. The molecule has 0 atom stereocenters. The highest BCUT2D eigenvalue weighted by Crippen LogP contribution is 2.21. The SMILES string of the molecule is Fc1ccc(OCCN2CCNCC2)cc1Br. The Hall–Kier alpha value is -0.650. The quantitative estimate of drug-likeness (QED) is 0.919. The Balaban J connectivity index is 1.75. The lowest BCUT2D eigenvalue weighted by Crippen LogP contribution is -2.44. The summed E-state index contributed by atoms with van der Waals surface area (Å²) in [6.45, 7) is 5.77. The number of hydrogen-bond donors (Lipinski definition) is 1. The third kappa shape index (κ3) is 3.94. The van der Waals surface area contributed by atoms with Gasteiger partial charge in [-0.15, -0.1) is 0 Å². The zero-order chi connectivity index (χ0) is 12.1. The molecule has 0 bridgehead atoms. The molecule has 94 valence electrons. The van der Waals surface area contributed by atoms with Crippen LogP contribution in [0, 0.1) is 5.82 Å². The van der Waals surface area contributed by atoms with Gasteiger partial charge in [0.2, 0.25) is 0 Å². The van der Waals surface area contributed by atoms with Crippen LogP contribution in [0.15, 0.2) is 22.7 Å². The molecule has 0 amide bonds. The fourth-order valence-electron chi connectivity index (χ4n) is 1.79. The van der Waals surface area contributed by atoms with E-state index in [1.54, 1.807) is 12.1 Å². The van der Waals surface area contributed by atoms with Gasteiger partial charge in [0, 0.05) is 32.7 Å². The van der Waals surface area contributed by atoms with Crippen molar-refractivity contribution in [2.24, 2.45) is 0 Å².